The van der Waals surface area contributed by atoms with E-state index in [1.54, 1.807) is 22.7 Å². The van der Waals surface area contributed by atoms with Crippen LogP contribution in [0.25, 0.3) is 0 Å². The van der Waals surface area contributed by atoms with Gasteiger partial charge in [0, 0.05) is 16.4 Å². The van der Waals surface area contributed by atoms with Gasteiger partial charge in [0.15, 0.2) is 0 Å². The van der Waals surface area contributed by atoms with Gasteiger partial charge in [-0.1, -0.05) is 12.1 Å². The summed E-state index contributed by atoms with van der Waals surface area (Å²) in [4.78, 5) is 1.90. The molecule has 0 unspecified atom stereocenters. The van der Waals surface area contributed by atoms with Crippen molar-refractivity contribution in [3.8, 4) is 0 Å². The van der Waals surface area contributed by atoms with Crippen molar-refractivity contribution < 1.29 is 10.2 Å². The van der Waals surface area contributed by atoms with E-state index in [1.807, 2.05) is 35.0 Å². The number of hydrogen-bond acceptors (Lipinski definition) is 4. The lowest BCUT2D eigenvalue weighted by Crippen LogP contribution is -2.25. The zero-order chi connectivity index (χ0) is 11.4. The van der Waals surface area contributed by atoms with Gasteiger partial charge in [0.2, 0.25) is 0 Å². The fourth-order valence-electron chi connectivity index (χ4n) is 1.73. The molecular weight excluding hydrogens is 240 g/mol. The predicted octanol–water partition coefficient (Wildman–Crippen LogP) is 2.82. The summed E-state index contributed by atoms with van der Waals surface area (Å²) in [5, 5.41) is 23.6. The first kappa shape index (κ1) is 11.8. The molecule has 0 saturated carbocycles. The van der Waals surface area contributed by atoms with E-state index >= 15 is 0 Å². The van der Waals surface area contributed by atoms with Crippen LogP contribution in [0.1, 0.15) is 22.6 Å². The molecule has 2 aromatic heterocycles. The SMILES string of the molecule is OCCCC(O)(c1cccs1)c1cccs1. The highest BCUT2D eigenvalue weighted by atomic mass is 32.1. The molecule has 86 valence electrons. The quantitative estimate of drug-likeness (QED) is 0.861. The molecule has 0 aliphatic carbocycles. The number of hydrogen-bond donors (Lipinski definition) is 2. The molecular formula is C12H14O2S2. The van der Waals surface area contributed by atoms with Gasteiger partial charge in [-0.15, -0.1) is 22.7 Å². The average molecular weight is 254 g/mol. The number of thiophene rings is 2. The summed E-state index contributed by atoms with van der Waals surface area (Å²) in [5.41, 5.74) is -0.926. The molecule has 0 aliphatic heterocycles. The van der Waals surface area contributed by atoms with Crippen LogP contribution in [0.15, 0.2) is 35.0 Å². The number of aliphatic hydroxyl groups is 2. The second-order valence-corrected chi connectivity index (χ2v) is 5.54. The maximum Gasteiger partial charge on any atom is 0.133 e. The van der Waals surface area contributed by atoms with E-state index < -0.39 is 5.60 Å². The maximum absolute atomic E-state index is 10.8. The zero-order valence-electron chi connectivity index (χ0n) is 8.80. The first-order valence-corrected chi connectivity index (χ1v) is 6.94. The molecule has 0 fully saturated rings. The van der Waals surface area contributed by atoms with Crippen molar-refractivity contribution >= 4 is 22.7 Å². The molecule has 0 aromatic carbocycles. The van der Waals surface area contributed by atoms with E-state index in [2.05, 4.69) is 0 Å². The van der Waals surface area contributed by atoms with Gasteiger partial charge in [0.25, 0.3) is 0 Å². The Morgan fingerprint density at radius 3 is 2.00 bits per heavy atom. The van der Waals surface area contributed by atoms with Crippen molar-refractivity contribution in [3.63, 3.8) is 0 Å². The summed E-state index contributed by atoms with van der Waals surface area (Å²) in [6.07, 6.45) is 1.16. The molecule has 2 N–H and O–H groups in total. The maximum atomic E-state index is 10.8. The summed E-state index contributed by atoms with van der Waals surface area (Å²) in [5.74, 6) is 0. The van der Waals surface area contributed by atoms with Crippen molar-refractivity contribution in [2.24, 2.45) is 0 Å². The van der Waals surface area contributed by atoms with Crippen molar-refractivity contribution in [3.05, 3.63) is 44.8 Å². The molecule has 2 heterocycles. The molecule has 16 heavy (non-hydrogen) atoms. The van der Waals surface area contributed by atoms with Crippen LogP contribution in [0, 0.1) is 0 Å². The van der Waals surface area contributed by atoms with Gasteiger partial charge in [-0.25, -0.2) is 0 Å². The van der Waals surface area contributed by atoms with Crippen LogP contribution in [-0.2, 0) is 5.60 Å². The Bertz CT molecular complexity index is 372. The third-order valence-electron chi connectivity index (χ3n) is 2.55. The van der Waals surface area contributed by atoms with Crippen LogP contribution in [0.4, 0.5) is 0 Å². The third-order valence-corrected chi connectivity index (χ3v) is 4.60. The molecule has 2 aromatic rings. The first-order valence-electron chi connectivity index (χ1n) is 5.18. The Morgan fingerprint density at radius 1 is 1.06 bits per heavy atom. The Hall–Kier alpha value is -0.680. The van der Waals surface area contributed by atoms with Gasteiger partial charge in [0.05, 0.1) is 0 Å². The van der Waals surface area contributed by atoms with Crippen molar-refractivity contribution in [1.29, 1.82) is 0 Å². The average Bonchev–Trinajstić information content (AvgIpc) is 2.96. The fourth-order valence-corrected chi connectivity index (χ4v) is 3.53. The lowest BCUT2D eigenvalue weighted by Gasteiger charge is -2.25. The van der Waals surface area contributed by atoms with Gasteiger partial charge in [-0.2, -0.15) is 0 Å². The Labute approximate surface area is 103 Å². The van der Waals surface area contributed by atoms with Crippen molar-refractivity contribution in [2.75, 3.05) is 6.61 Å². The fraction of sp³-hybridized carbons (Fsp3) is 0.333. The summed E-state index contributed by atoms with van der Waals surface area (Å²) < 4.78 is 0. The van der Waals surface area contributed by atoms with E-state index in [0.717, 1.165) is 9.75 Å². The van der Waals surface area contributed by atoms with E-state index in [1.165, 1.54) is 0 Å². The van der Waals surface area contributed by atoms with Gasteiger partial charge in [0.1, 0.15) is 5.60 Å². The normalized spacial score (nSPS) is 11.9. The summed E-state index contributed by atoms with van der Waals surface area (Å²) in [6.45, 7) is 0.110. The number of rotatable bonds is 5. The Morgan fingerprint density at radius 2 is 1.62 bits per heavy atom. The van der Waals surface area contributed by atoms with Gasteiger partial charge in [-0.05, 0) is 35.7 Å². The van der Waals surface area contributed by atoms with Gasteiger partial charge in [-0.3, -0.25) is 0 Å². The van der Waals surface area contributed by atoms with Crippen LogP contribution < -0.4 is 0 Å². The van der Waals surface area contributed by atoms with E-state index in [-0.39, 0.29) is 6.61 Å². The highest BCUT2D eigenvalue weighted by Crippen LogP contribution is 2.38. The highest BCUT2D eigenvalue weighted by molar-refractivity contribution is 7.11. The minimum absolute atomic E-state index is 0.110. The molecule has 0 amide bonds. The number of aliphatic hydroxyl groups excluding tert-OH is 1. The molecule has 0 aliphatic rings. The molecule has 4 heteroatoms. The topological polar surface area (TPSA) is 40.5 Å². The zero-order valence-corrected chi connectivity index (χ0v) is 10.4. The van der Waals surface area contributed by atoms with Gasteiger partial charge < -0.3 is 10.2 Å². The minimum Gasteiger partial charge on any atom is -0.396 e. The lowest BCUT2D eigenvalue weighted by atomic mass is 9.94. The molecule has 0 saturated heterocycles. The Kier molecular flexibility index (Phi) is 3.76. The van der Waals surface area contributed by atoms with Crippen LogP contribution >= 0.6 is 22.7 Å². The molecule has 0 atom stereocenters. The van der Waals surface area contributed by atoms with Crippen LogP contribution in [0.2, 0.25) is 0 Å². The Balaban J connectivity index is 2.33. The molecule has 0 bridgehead atoms. The summed E-state index contributed by atoms with van der Waals surface area (Å²) in [7, 11) is 0. The third kappa shape index (κ3) is 2.20. The highest BCUT2D eigenvalue weighted by Gasteiger charge is 2.32. The minimum atomic E-state index is -0.926. The van der Waals surface area contributed by atoms with Crippen LogP contribution in [0.3, 0.4) is 0 Å². The predicted molar refractivity (Wildman–Crippen MR) is 68.0 cm³/mol. The van der Waals surface area contributed by atoms with E-state index in [0.29, 0.717) is 12.8 Å². The smallest absolute Gasteiger partial charge is 0.133 e. The van der Waals surface area contributed by atoms with Crippen molar-refractivity contribution in [2.45, 2.75) is 18.4 Å². The second-order valence-electron chi connectivity index (χ2n) is 3.64. The van der Waals surface area contributed by atoms with E-state index in [9.17, 15) is 5.11 Å². The summed E-state index contributed by atoms with van der Waals surface area (Å²) in [6, 6.07) is 7.78. The summed E-state index contributed by atoms with van der Waals surface area (Å²) >= 11 is 3.11. The van der Waals surface area contributed by atoms with Crippen LogP contribution in [-0.4, -0.2) is 16.8 Å². The molecule has 0 radical (unpaired) electrons. The standard InChI is InChI=1S/C12H14O2S2/c13-7-3-6-12(14,10-4-1-8-15-10)11-5-2-9-16-11/h1-2,4-5,8-9,13-14H,3,6-7H2. The van der Waals surface area contributed by atoms with Gasteiger partial charge >= 0.3 is 0 Å². The van der Waals surface area contributed by atoms with Crippen LogP contribution in [0.5, 0.6) is 0 Å². The van der Waals surface area contributed by atoms with Crippen molar-refractivity contribution in [1.82, 2.24) is 0 Å². The molecule has 0 spiro atoms. The second kappa shape index (κ2) is 5.10. The largest absolute Gasteiger partial charge is 0.396 e. The first-order chi connectivity index (χ1) is 7.77. The molecule has 2 rings (SSSR count). The van der Waals surface area contributed by atoms with E-state index in [4.69, 9.17) is 5.11 Å². The molecule has 2 nitrogen and oxygen atoms in total. The lowest BCUT2D eigenvalue weighted by molar-refractivity contribution is 0.0698. The monoisotopic (exact) mass is 254 g/mol.